The van der Waals surface area contributed by atoms with Gasteiger partial charge in [-0.1, -0.05) is 36.4 Å². The van der Waals surface area contributed by atoms with Gasteiger partial charge in [-0.25, -0.2) is 9.78 Å². The fourth-order valence-corrected chi connectivity index (χ4v) is 5.66. The highest BCUT2D eigenvalue weighted by molar-refractivity contribution is 6.13. The van der Waals surface area contributed by atoms with Gasteiger partial charge in [-0.2, -0.15) is 0 Å². The number of imidazole rings is 1. The molecular formula is C28H27N5O3. The number of carbonyl (C=O) groups excluding carboxylic acids is 1. The first kappa shape index (κ1) is 22.4. The normalized spacial score (nSPS) is 18.0. The maximum Gasteiger partial charge on any atom is 0.326 e. The van der Waals surface area contributed by atoms with Crippen molar-refractivity contribution >= 4 is 34.2 Å². The molecule has 0 aliphatic carbocycles. The highest BCUT2D eigenvalue weighted by Crippen LogP contribution is 2.50. The molecular weight excluding hydrogens is 454 g/mol. The van der Waals surface area contributed by atoms with E-state index in [1.54, 1.807) is 30.1 Å². The van der Waals surface area contributed by atoms with Gasteiger partial charge in [0.05, 0.1) is 35.0 Å². The molecule has 1 N–H and O–H groups in total. The zero-order valence-corrected chi connectivity index (χ0v) is 20.0. The lowest BCUT2D eigenvalue weighted by Gasteiger charge is -2.38. The van der Waals surface area contributed by atoms with Gasteiger partial charge >= 0.3 is 5.97 Å². The van der Waals surface area contributed by atoms with Crippen LogP contribution in [0.3, 0.4) is 0 Å². The first-order valence-electron chi connectivity index (χ1n) is 12.2. The van der Waals surface area contributed by atoms with Crippen molar-refractivity contribution in [3.05, 3.63) is 84.6 Å². The summed E-state index contributed by atoms with van der Waals surface area (Å²) < 4.78 is 1.71. The third-order valence-electron chi connectivity index (χ3n) is 7.71. The fourth-order valence-electron chi connectivity index (χ4n) is 5.66. The highest BCUT2D eigenvalue weighted by atomic mass is 16.4. The lowest BCUT2D eigenvalue weighted by Crippen LogP contribution is -2.47. The van der Waals surface area contributed by atoms with E-state index < -0.39 is 17.4 Å². The smallest absolute Gasteiger partial charge is 0.326 e. The monoisotopic (exact) mass is 481 g/mol. The molecule has 1 saturated heterocycles. The minimum Gasteiger partial charge on any atom is -0.480 e. The van der Waals surface area contributed by atoms with E-state index in [1.807, 2.05) is 53.4 Å². The lowest BCUT2D eigenvalue weighted by atomic mass is 9.73. The number of aliphatic carboxylic acids is 1. The quantitative estimate of drug-likeness (QED) is 0.457. The van der Waals surface area contributed by atoms with Gasteiger partial charge in [0.2, 0.25) is 5.91 Å². The van der Waals surface area contributed by atoms with E-state index in [9.17, 15) is 14.7 Å². The number of carboxylic acids is 1. The van der Waals surface area contributed by atoms with Crippen LogP contribution in [0.25, 0.3) is 10.9 Å². The van der Waals surface area contributed by atoms with E-state index in [2.05, 4.69) is 20.9 Å². The molecule has 4 aromatic rings. The number of benzene rings is 2. The molecule has 8 nitrogen and oxygen atoms in total. The molecule has 8 heteroatoms. The Hall–Kier alpha value is -4.04. The lowest BCUT2D eigenvalue weighted by molar-refractivity contribution is -0.140. The Bertz CT molecular complexity index is 1470. The Labute approximate surface area is 208 Å². The SMILES string of the molecule is CC(C(=O)O)n1ccnc1CN1CCC2(CC1)C(=O)N(c1cnc3ccccc3c1)c1ccccc12. The van der Waals surface area contributed by atoms with Crippen molar-refractivity contribution < 1.29 is 14.7 Å². The van der Waals surface area contributed by atoms with Crippen molar-refractivity contribution in [1.29, 1.82) is 0 Å². The molecule has 0 radical (unpaired) electrons. The van der Waals surface area contributed by atoms with Crippen LogP contribution in [0, 0.1) is 0 Å². The number of pyridine rings is 1. The summed E-state index contributed by atoms with van der Waals surface area (Å²) in [6.45, 7) is 3.65. The minimum absolute atomic E-state index is 0.0985. The van der Waals surface area contributed by atoms with Crippen molar-refractivity contribution in [3.8, 4) is 0 Å². The van der Waals surface area contributed by atoms with Gasteiger partial charge in [-0.3, -0.25) is 19.6 Å². The van der Waals surface area contributed by atoms with Crippen LogP contribution in [0.1, 0.15) is 37.2 Å². The molecule has 1 amide bonds. The van der Waals surface area contributed by atoms with E-state index in [0.717, 1.165) is 46.8 Å². The second-order valence-corrected chi connectivity index (χ2v) is 9.67. The zero-order valence-electron chi connectivity index (χ0n) is 20.0. The van der Waals surface area contributed by atoms with Crippen molar-refractivity contribution in [2.24, 2.45) is 0 Å². The Morgan fingerprint density at radius 2 is 1.83 bits per heavy atom. The molecule has 1 unspecified atom stereocenters. The van der Waals surface area contributed by atoms with Crippen molar-refractivity contribution in [3.63, 3.8) is 0 Å². The Balaban J connectivity index is 1.27. The molecule has 4 heterocycles. The van der Waals surface area contributed by atoms with Crippen molar-refractivity contribution in [2.45, 2.75) is 37.8 Å². The summed E-state index contributed by atoms with van der Waals surface area (Å²) in [5.41, 5.74) is 3.11. The molecule has 0 bridgehead atoms. The Morgan fingerprint density at radius 1 is 1.08 bits per heavy atom. The van der Waals surface area contributed by atoms with Gasteiger partial charge in [-0.05, 0) is 56.6 Å². The van der Waals surface area contributed by atoms with Crippen LogP contribution >= 0.6 is 0 Å². The van der Waals surface area contributed by atoms with Crippen LogP contribution in [0.4, 0.5) is 11.4 Å². The Kier molecular flexibility index (Phi) is 5.34. The average Bonchev–Trinajstić information content (AvgIpc) is 3.45. The van der Waals surface area contributed by atoms with Crippen LogP contribution in [0.2, 0.25) is 0 Å². The third kappa shape index (κ3) is 3.48. The van der Waals surface area contributed by atoms with Gasteiger partial charge in [0, 0.05) is 17.8 Å². The molecule has 36 heavy (non-hydrogen) atoms. The number of amides is 1. The van der Waals surface area contributed by atoms with Gasteiger partial charge in [0.1, 0.15) is 11.9 Å². The van der Waals surface area contributed by atoms with Crippen LogP contribution in [0.15, 0.2) is 73.2 Å². The largest absolute Gasteiger partial charge is 0.480 e. The number of fused-ring (bicyclic) bond motifs is 3. The maximum absolute atomic E-state index is 14.1. The molecule has 182 valence electrons. The summed E-state index contributed by atoms with van der Waals surface area (Å²) in [5.74, 6) is -0.0624. The van der Waals surface area contributed by atoms with E-state index in [-0.39, 0.29) is 5.91 Å². The van der Waals surface area contributed by atoms with Gasteiger partial charge < -0.3 is 9.67 Å². The number of anilines is 2. The van der Waals surface area contributed by atoms with Gasteiger partial charge in [0.15, 0.2) is 0 Å². The molecule has 2 aromatic carbocycles. The molecule has 1 spiro atoms. The maximum atomic E-state index is 14.1. The topological polar surface area (TPSA) is 91.6 Å². The zero-order chi connectivity index (χ0) is 24.9. The second-order valence-electron chi connectivity index (χ2n) is 9.67. The molecule has 1 fully saturated rings. The first-order valence-corrected chi connectivity index (χ1v) is 12.2. The summed E-state index contributed by atoms with van der Waals surface area (Å²) in [5, 5.41) is 10.4. The first-order chi connectivity index (χ1) is 17.5. The number of nitrogens with zero attached hydrogens (tertiary/aromatic N) is 5. The van der Waals surface area contributed by atoms with E-state index in [1.165, 1.54) is 0 Å². The number of hydrogen-bond acceptors (Lipinski definition) is 5. The minimum atomic E-state index is -0.886. The summed E-state index contributed by atoms with van der Waals surface area (Å²) in [6, 6.07) is 17.4. The van der Waals surface area contributed by atoms with Gasteiger partial charge in [0.25, 0.3) is 0 Å². The molecule has 6 rings (SSSR count). The summed E-state index contributed by atoms with van der Waals surface area (Å²) in [7, 11) is 0. The molecule has 1 atom stereocenters. The fraction of sp³-hybridized carbons (Fsp3) is 0.286. The van der Waals surface area contributed by atoms with Crippen LogP contribution in [0.5, 0.6) is 0 Å². The van der Waals surface area contributed by atoms with Crippen LogP contribution < -0.4 is 4.90 Å². The number of para-hydroxylation sites is 2. The van der Waals surface area contributed by atoms with E-state index in [0.29, 0.717) is 19.4 Å². The molecule has 0 saturated carbocycles. The predicted molar refractivity (Wildman–Crippen MR) is 136 cm³/mol. The number of carbonyl (C=O) groups is 2. The summed E-state index contributed by atoms with van der Waals surface area (Å²) in [4.78, 5) is 38.7. The molecule has 2 aromatic heterocycles. The van der Waals surface area contributed by atoms with Gasteiger partial charge in [-0.15, -0.1) is 0 Å². The summed E-state index contributed by atoms with van der Waals surface area (Å²) >= 11 is 0. The number of aromatic nitrogens is 3. The number of hydrogen-bond donors (Lipinski definition) is 1. The van der Waals surface area contributed by atoms with Crippen molar-refractivity contribution in [1.82, 2.24) is 19.4 Å². The number of piperidine rings is 1. The van der Waals surface area contributed by atoms with E-state index in [4.69, 9.17) is 0 Å². The molecule has 2 aliphatic heterocycles. The third-order valence-corrected chi connectivity index (χ3v) is 7.71. The van der Waals surface area contributed by atoms with Crippen LogP contribution in [-0.2, 0) is 21.5 Å². The van der Waals surface area contributed by atoms with Crippen LogP contribution in [-0.4, -0.2) is 49.5 Å². The average molecular weight is 482 g/mol. The van der Waals surface area contributed by atoms with Crippen molar-refractivity contribution in [2.75, 3.05) is 18.0 Å². The number of carboxylic acid groups (broad SMARTS) is 1. The predicted octanol–water partition coefficient (Wildman–Crippen LogP) is 4.29. The van der Waals surface area contributed by atoms with E-state index >= 15 is 0 Å². The highest BCUT2D eigenvalue weighted by Gasteiger charge is 2.52. The standard InChI is InChI=1S/C28H27N5O3/c1-19(26(34)35)32-15-12-29-25(32)18-31-13-10-28(11-14-31)22-7-3-5-9-24(22)33(27(28)36)21-16-20-6-2-4-8-23(20)30-17-21/h2-9,12,15-17,19H,10-11,13-14,18H2,1H3,(H,34,35). The summed E-state index contributed by atoms with van der Waals surface area (Å²) in [6.07, 6.45) is 6.53. The molecule has 2 aliphatic rings. The Morgan fingerprint density at radius 3 is 2.64 bits per heavy atom. The second kappa shape index (κ2) is 8.57. The number of likely N-dealkylation sites (tertiary alicyclic amines) is 1. The number of rotatable bonds is 5.